The third kappa shape index (κ3) is 5.43. The zero-order valence-corrected chi connectivity index (χ0v) is 18.9. The number of carbonyl (C=O) groups excluding carboxylic acids is 1. The van der Waals surface area contributed by atoms with Gasteiger partial charge >= 0.3 is 6.18 Å². The van der Waals surface area contributed by atoms with Crippen molar-refractivity contribution in [1.29, 1.82) is 0 Å². The molecule has 0 aliphatic heterocycles. The van der Waals surface area contributed by atoms with Crippen molar-refractivity contribution in [1.82, 2.24) is 20.0 Å². The van der Waals surface area contributed by atoms with E-state index in [1.54, 1.807) is 12.1 Å². The maximum absolute atomic E-state index is 13.5. The maximum Gasteiger partial charge on any atom is 0.418 e. The fourth-order valence-electron chi connectivity index (χ4n) is 3.44. The minimum absolute atomic E-state index is 0.101. The van der Waals surface area contributed by atoms with E-state index in [4.69, 9.17) is 11.6 Å². The average molecular weight is 479 g/mol. The first-order chi connectivity index (χ1) is 15.5. The molecule has 3 rings (SSSR count). The summed E-state index contributed by atoms with van der Waals surface area (Å²) in [6, 6.07) is 12.8. The summed E-state index contributed by atoms with van der Waals surface area (Å²) in [6.07, 6.45) is -4.63. The van der Waals surface area contributed by atoms with Gasteiger partial charge in [0, 0.05) is 23.3 Å². The normalized spacial score (nSPS) is 12.6. The number of nitrogens with one attached hydrogen (secondary N) is 1. The summed E-state index contributed by atoms with van der Waals surface area (Å²) in [5.74, 6) is -0.794. The topological polar surface area (TPSA) is 67.2 Å². The van der Waals surface area contributed by atoms with Crippen LogP contribution in [0.15, 0.2) is 59.4 Å². The minimum Gasteiger partial charge on any atom is -0.349 e. The first-order valence-corrected chi connectivity index (χ1v) is 10.3. The van der Waals surface area contributed by atoms with Crippen LogP contribution >= 0.6 is 11.6 Å². The number of aromatic nitrogens is 2. The highest BCUT2D eigenvalue weighted by Crippen LogP contribution is 2.33. The van der Waals surface area contributed by atoms with E-state index in [-0.39, 0.29) is 24.0 Å². The third-order valence-electron chi connectivity index (χ3n) is 5.10. The van der Waals surface area contributed by atoms with E-state index in [1.165, 1.54) is 25.1 Å². The summed E-state index contributed by atoms with van der Waals surface area (Å²) in [7, 11) is 3.62. The molecule has 0 aliphatic carbocycles. The number of amides is 1. The number of benzene rings is 2. The van der Waals surface area contributed by atoms with E-state index in [0.717, 1.165) is 22.4 Å². The molecule has 1 amide bonds. The second kappa shape index (κ2) is 9.76. The highest BCUT2D eigenvalue weighted by Gasteiger charge is 2.34. The van der Waals surface area contributed by atoms with Crippen molar-refractivity contribution in [2.45, 2.75) is 19.1 Å². The standard InChI is InChI=1S/C23H22ClF3N4O2/c1-14-12-20(32)21(29-31(14)18-11-7-5-9-16(18)23(25,26)27)22(33)28-13-19(30(2)3)15-8-4-6-10-17(15)24/h4-12,19H,13H2,1-3H3,(H,28,33)/t19-/m1/s1. The highest BCUT2D eigenvalue weighted by atomic mass is 35.5. The van der Waals surface area contributed by atoms with Crippen LogP contribution in [0, 0.1) is 6.92 Å². The smallest absolute Gasteiger partial charge is 0.349 e. The van der Waals surface area contributed by atoms with Gasteiger partial charge in [0.15, 0.2) is 5.69 Å². The van der Waals surface area contributed by atoms with E-state index in [0.29, 0.717) is 5.02 Å². The van der Waals surface area contributed by atoms with Crippen molar-refractivity contribution in [3.8, 4) is 5.69 Å². The Bertz CT molecular complexity index is 1220. The molecule has 0 saturated carbocycles. The predicted molar refractivity (Wildman–Crippen MR) is 120 cm³/mol. The highest BCUT2D eigenvalue weighted by molar-refractivity contribution is 6.31. The summed E-state index contributed by atoms with van der Waals surface area (Å²) < 4.78 is 41.4. The van der Waals surface area contributed by atoms with E-state index in [2.05, 4.69) is 10.4 Å². The lowest BCUT2D eigenvalue weighted by atomic mass is 10.1. The van der Waals surface area contributed by atoms with Gasteiger partial charge in [-0.25, -0.2) is 4.68 Å². The second-order valence-corrected chi connectivity index (χ2v) is 8.04. The molecule has 1 atom stereocenters. The van der Waals surface area contributed by atoms with Gasteiger partial charge in [0.2, 0.25) is 5.43 Å². The van der Waals surface area contributed by atoms with Crippen LogP contribution in [-0.2, 0) is 6.18 Å². The van der Waals surface area contributed by atoms with E-state index >= 15 is 0 Å². The Morgan fingerprint density at radius 1 is 1.15 bits per heavy atom. The van der Waals surface area contributed by atoms with Crippen LogP contribution in [0.25, 0.3) is 5.69 Å². The van der Waals surface area contributed by atoms with Gasteiger partial charge in [-0.05, 0) is 44.8 Å². The van der Waals surface area contributed by atoms with E-state index in [9.17, 15) is 22.8 Å². The molecule has 1 N–H and O–H groups in total. The first kappa shape index (κ1) is 24.5. The Morgan fingerprint density at radius 2 is 1.79 bits per heavy atom. The van der Waals surface area contributed by atoms with E-state index < -0.39 is 28.8 Å². The Balaban J connectivity index is 1.94. The molecule has 1 aromatic heterocycles. The Kier molecular flexibility index (Phi) is 7.24. The molecule has 1 heterocycles. The van der Waals surface area contributed by atoms with Crippen molar-refractivity contribution in [2.24, 2.45) is 0 Å². The van der Waals surface area contributed by atoms with Gasteiger partial charge in [0.25, 0.3) is 5.91 Å². The zero-order valence-electron chi connectivity index (χ0n) is 18.2. The lowest BCUT2D eigenvalue weighted by molar-refractivity contribution is -0.137. The third-order valence-corrected chi connectivity index (χ3v) is 5.45. The van der Waals surface area contributed by atoms with Gasteiger partial charge in [0.1, 0.15) is 0 Å². The predicted octanol–water partition coefficient (Wildman–Crippen LogP) is 4.25. The Labute approximate surface area is 193 Å². The molecule has 0 fully saturated rings. The molecule has 3 aromatic rings. The Hall–Kier alpha value is -3.17. The summed E-state index contributed by atoms with van der Waals surface area (Å²) in [6.45, 7) is 1.55. The molecule has 33 heavy (non-hydrogen) atoms. The number of hydrogen-bond donors (Lipinski definition) is 1. The van der Waals surface area contributed by atoms with E-state index in [1.807, 2.05) is 31.1 Å². The Morgan fingerprint density at radius 3 is 2.42 bits per heavy atom. The van der Waals surface area contributed by atoms with Crippen LogP contribution in [0.1, 0.15) is 33.4 Å². The molecule has 0 radical (unpaired) electrons. The van der Waals surface area contributed by atoms with Gasteiger partial charge in [0.05, 0.1) is 17.3 Å². The summed E-state index contributed by atoms with van der Waals surface area (Å²) in [5.41, 5.74) is -1.46. The van der Waals surface area contributed by atoms with Gasteiger partial charge in [-0.1, -0.05) is 41.9 Å². The van der Waals surface area contributed by atoms with Crippen LogP contribution in [0.4, 0.5) is 13.2 Å². The summed E-state index contributed by atoms with van der Waals surface area (Å²) in [4.78, 5) is 27.1. The number of nitrogens with zero attached hydrogens (tertiary/aromatic N) is 3. The molecule has 0 unspecified atom stereocenters. The lowest BCUT2D eigenvalue weighted by Gasteiger charge is -2.26. The molecule has 0 aliphatic rings. The number of alkyl halides is 3. The van der Waals surface area contributed by atoms with Crippen molar-refractivity contribution in [3.63, 3.8) is 0 Å². The molecular formula is C23H22ClF3N4O2. The van der Waals surface area contributed by atoms with Crippen molar-refractivity contribution in [3.05, 3.63) is 92.4 Å². The number of aryl methyl sites for hydroxylation is 1. The number of likely N-dealkylation sites (N-methyl/N-ethyl adjacent to an activating group) is 1. The molecule has 6 nitrogen and oxygen atoms in total. The van der Waals surface area contributed by atoms with Crippen LogP contribution < -0.4 is 10.7 Å². The van der Waals surface area contributed by atoms with Crippen LogP contribution in [0.2, 0.25) is 5.02 Å². The number of carbonyl (C=O) groups is 1. The quantitative estimate of drug-likeness (QED) is 0.575. The fourth-order valence-corrected chi connectivity index (χ4v) is 3.70. The van der Waals surface area contributed by atoms with Gasteiger partial charge in [-0.2, -0.15) is 18.3 Å². The van der Waals surface area contributed by atoms with Crippen molar-refractivity contribution < 1.29 is 18.0 Å². The summed E-state index contributed by atoms with van der Waals surface area (Å²) in [5, 5.41) is 7.15. The number of halogens is 4. The first-order valence-electron chi connectivity index (χ1n) is 9.97. The second-order valence-electron chi connectivity index (χ2n) is 7.64. The zero-order chi connectivity index (χ0) is 24.3. The molecule has 0 spiro atoms. The van der Waals surface area contributed by atoms with Crippen LogP contribution in [-0.4, -0.2) is 41.2 Å². The molecule has 2 aromatic carbocycles. The number of para-hydroxylation sites is 1. The number of rotatable bonds is 6. The molecule has 0 bridgehead atoms. The molecule has 0 saturated heterocycles. The number of hydrogen-bond acceptors (Lipinski definition) is 4. The monoisotopic (exact) mass is 478 g/mol. The van der Waals surface area contributed by atoms with Gasteiger partial charge in [-0.15, -0.1) is 0 Å². The van der Waals surface area contributed by atoms with Gasteiger partial charge < -0.3 is 10.2 Å². The largest absolute Gasteiger partial charge is 0.418 e. The lowest BCUT2D eigenvalue weighted by Crippen LogP contribution is -2.38. The van der Waals surface area contributed by atoms with Gasteiger partial charge in [-0.3, -0.25) is 9.59 Å². The van der Waals surface area contributed by atoms with Crippen molar-refractivity contribution >= 4 is 17.5 Å². The average Bonchev–Trinajstić information content (AvgIpc) is 2.74. The van der Waals surface area contributed by atoms with Crippen LogP contribution in [0.3, 0.4) is 0 Å². The maximum atomic E-state index is 13.5. The SMILES string of the molecule is Cc1cc(=O)c(C(=O)NC[C@H](c2ccccc2Cl)N(C)C)nn1-c1ccccc1C(F)(F)F. The van der Waals surface area contributed by atoms with Crippen molar-refractivity contribution in [2.75, 3.05) is 20.6 Å². The fraction of sp³-hybridized carbons (Fsp3) is 0.261. The summed E-state index contributed by atoms with van der Waals surface area (Å²) >= 11 is 6.28. The molecule has 10 heteroatoms. The minimum atomic E-state index is -4.63. The molecular weight excluding hydrogens is 457 g/mol. The van der Waals surface area contributed by atoms with Crippen LogP contribution in [0.5, 0.6) is 0 Å². The molecule has 174 valence electrons.